The van der Waals surface area contributed by atoms with Crippen LogP contribution in [0.3, 0.4) is 0 Å². The van der Waals surface area contributed by atoms with Crippen molar-refractivity contribution in [3.63, 3.8) is 0 Å². The number of likely N-dealkylation sites (N-methyl/N-ethyl adjacent to an activating group) is 1. The lowest BCUT2D eigenvalue weighted by Gasteiger charge is -2.29. The van der Waals surface area contributed by atoms with Gasteiger partial charge in [0.1, 0.15) is 18.1 Å². The molecule has 0 aliphatic carbocycles. The highest BCUT2D eigenvalue weighted by molar-refractivity contribution is 6.00. The Balaban J connectivity index is 1.73. The summed E-state index contributed by atoms with van der Waals surface area (Å²) in [6.07, 6.45) is 0.220. The van der Waals surface area contributed by atoms with E-state index < -0.39 is 66.3 Å². The summed E-state index contributed by atoms with van der Waals surface area (Å²) >= 11 is 0. The van der Waals surface area contributed by atoms with Gasteiger partial charge in [0.2, 0.25) is 17.7 Å². The maximum Gasteiger partial charge on any atom is 0.326 e. The second-order valence-corrected chi connectivity index (χ2v) is 14.9. The Morgan fingerprint density at radius 2 is 1.28 bits per heavy atom. The molecule has 0 radical (unpaired) electrons. The molecule has 0 aliphatic heterocycles. The van der Waals surface area contributed by atoms with E-state index in [2.05, 4.69) is 16.0 Å². The zero-order valence-electron chi connectivity index (χ0n) is 33.9. The molecule has 13 nitrogen and oxygen atoms in total. The molecule has 5 amide bonds. The second-order valence-electron chi connectivity index (χ2n) is 14.9. The smallest absolute Gasteiger partial charge is 0.326 e. The molecule has 3 rings (SSSR count). The molecule has 0 aromatic heterocycles. The van der Waals surface area contributed by atoms with Crippen molar-refractivity contribution < 1.29 is 39.0 Å². The van der Waals surface area contributed by atoms with Gasteiger partial charge in [0.05, 0.1) is 18.6 Å². The molecule has 0 saturated carbocycles. The molecule has 57 heavy (non-hydrogen) atoms. The topological polar surface area (TPSA) is 185 Å². The predicted octanol–water partition coefficient (Wildman–Crippen LogP) is 4.23. The number of hydrogen-bond acceptors (Lipinski definition) is 7. The van der Waals surface area contributed by atoms with Crippen LogP contribution in [0.25, 0.3) is 0 Å². The van der Waals surface area contributed by atoms with E-state index in [0.29, 0.717) is 18.7 Å². The monoisotopic (exact) mass is 785 g/mol. The van der Waals surface area contributed by atoms with Crippen molar-refractivity contribution in [1.29, 1.82) is 0 Å². The quantitative estimate of drug-likeness (QED) is 0.100. The number of amides is 5. The molecule has 3 aromatic rings. The number of aliphatic hydroxyl groups excluding tert-OH is 1. The Bertz CT molecular complexity index is 1780. The number of rotatable bonds is 22. The Labute approximate surface area is 336 Å². The first-order chi connectivity index (χ1) is 27.1. The normalized spacial score (nSPS) is 13.7. The van der Waals surface area contributed by atoms with Crippen molar-refractivity contribution >= 4 is 35.5 Å². The molecule has 3 aromatic carbocycles. The van der Waals surface area contributed by atoms with Crippen molar-refractivity contribution in [3.05, 3.63) is 107 Å². The molecule has 0 unspecified atom stereocenters. The predicted molar refractivity (Wildman–Crippen MR) is 218 cm³/mol. The van der Waals surface area contributed by atoms with Crippen molar-refractivity contribution in [2.75, 3.05) is 20.1 Å². The van der Waals surface area contributed by atoms with E-state index in [9.17, 15) is 39.0 Å². The minimum Gasteiger partial charge on any atom is -0.480 e. The van der Waals surface area contributed by atoms with Gasteiger partial charge in [-0.2, -0.15) is 0 Å². The lowest BCUT2D eigenvalue weighted by atomic mass is 9.97. The zero-order chi connectivity index (χ0) is 42.1. The Morgan fingerprint density at radius 3 is 1.82 bits per heavy atom. The van der Waals surface area contributed by atoms with E-state index in [1.807, 2.05) is 58.0 Å². The van der Waals surface area contributed by atoms with Crippen LogP contribution < -0.4 is 16.0 Å². The third-order valence-corrected chi connectivity index (χ3v) is 9.58. The second kappa shape index (κ2) is 22.9. The number of hydrogen-bond donors (Lipinski definition) is 5. The average molecular weight is 786 g/mol. The average Bonchev–Trinajstić information content (AvgIpc) is 3.18. The van der Waals surface area contributed by atoms with Crippen LogP contribution in [0.5, 0.6) is 0 Å². The van der Waals surface area contributed by atoms with Gasteiger partial charge in [0, 0.05) is 37.7 Å². The number of carboxylic acid groups (broad SMARTS) is 1. The van der Waals surface area contributed by atoms with Gasteiger partial charge in [-0.15, -0.1) is 0 Å². The van der Waals surface area contributed by atoms with Crippen LogP contribution >= 0.6 is 0 Å². The first-order valence-electron chi connectivity index (χ1n) is 19.7. The summed E-state index contributed by atoms with van der Waals surface area (Å²) in [5.74, 6) is -3.86. The minimum absolute atomic E-state index is 0.0503. The summed E-state index contributed by atoms with van der Waals surface area (Å²) in [4.78, 5) is 82.2. The fourth-order valence-corrected chi connectivity index (χ4v) is 6.58. The van der Waals surface area contributed by atoms with Crippen LogP contribution in [0, 0.1) is 5.92 Å². The van der Waals surface area contributed by atoms with Gasteiger partial charge in [-0.1, -0.05) is 94.4 Å². The number of benzene rings is 3. The third-order valence-electron chi connectivity index (χ3n) is 9.58. The van der Waals surface area contributed by atoms with Gasteiger partial charge in [-0.3, -0.25) is 24.0 Å². The van der Waals surface area contributed by atoms with Crippen LogP contribution in [0.15, 0.2) is 84.9 Å². The maximum absolute atomic E-state index is 13.6. The number of carbonyl (C=O) groups is 6. The maximum atomic E-state index is 13.6. The molecule has 13 heteroatoms. The van der Waals surface area contributed by atoms with Crippen LogP contribution in [-0.2, 0) is 32.0 Å². The van der Waals surface area contributed by atoms with Crippen LogP contribution in [0.2, 0.25) is 0 Å². The van der Waals surface area contributed by atoms with Crippen molar-refractivity contribution in [2.45, 2.75) is 103 Å². The molecule has 0 heterocycles. The third kappa shape index (κ3) is 14.5. The van der Waals surface area contributed by atoms with E-state index in [1.54, 1.807) is 53.4 Å². The molecule has 0 fully saturated rings. The Hall–Kier alpha value is -5.56. The summed E-state index contributed by atoms with van der Waals surface area (Å²) < 4.78 is 0. The zero-order valence-corrected chi connectivity index (χ0v) is 33.9. The number of carbonyl (C=O) groups excluding carboxylic acids is 5. The van der Waals surface area contributed by atoms with Gasteiger partial charge in [-0.25, -0.2) is 4.79 Å². The van der Waals surface area contributed by atoms with E-state index in [-0.39, 0.29) is 36.7 Å². The summed E-state index contributed by atoms with van der Waals surface area (Å²) in [6.45, 7) is 10.3. The van der Waals surface area contributed by atoms with Crippen molar-refractivity contribution in [2.24, 2.45) is 5.92 Å². The largest absolute Gasteiger partial charge is 0.480 e. The number of aliphatic hydroxyl groups is 1. The first-order valence-corrected chi connectivity index (χ1v) is 19.7. The molecule has 0 bridgehead atoms. The van der Waals surface area contributed by atoms with E-state index >= 15 is 0 Å². The number of aliphatic carboxylic acids is 1. The molecular weight excluding hydrogens is 727 g/mol. The van der Waals surface area contributed by atoms with Crippen LogP contribution in [0.1, 0.15) is 92.1 Å². The SMILES string of the molecule is CCCN(CCC)C(=O)c1cccc(C(=O)N[C@@H](Cc2ccccc2)[C@@H](O)CC(=O)N[C@@H](CC(C)C)C(=O)N[C@@H](C)C(=O)N(C)[C@@H](Cc2ccccc2)C(=O)O)c1. The molecular formula is C44H59N5O8. The van der Waals surface area contributed by atoms with Gasteiger partial charge in [0.25, 0.3) is 11.8 Å². The highest BCUT2D eigenvalue weighted by Gasteiger charge is 2.33. The number of nitrogens with zero attached hydrogens (tertiary/aromatic N) is 2. The molecule has 0 spiro atoms. The van der Waals surface area contributed by atoms with E-state index in [1.165, 1.54) is 20.0 Å². The number of nitrogens with one attached hydrogen (secondary N) is 3. The standard InChI is InChI=1S/C44H59N5O8/c1-7-22-49(23-8-2)43(55)34-21-15-20-33(27-34)40(52)47-35(25-31-16-11-9-12-17-31)38(50)28-39(51)46-36(24-29(3)4)41(53)45-30(5)42(54)48(6)37(44(56)57)26-32-18-13-10-14-19-32/h9-21,27,29-30,35-38,50H,7-8,22-26,28H2,1-6H3,(H,45,53)(H,46,51)(H,47,52)(H,56,57)/t30-,35-,36-,37-,38-/m0/s1. The molecule has 5 N–H and O–H groups in total. The van der Waals surface area contributed by atoms with Gasteiger partial charge in [0.15, 0.2) is 0 Å². The Morgan fingerprint density at radius 1 is 0.719 bits per heavy atom. The summed E-state index contributed by atoms with van der Waals surface area (Å²) in [6, 6.07) is 20.2. The molecule has 0 saturated heterocycles. The highest BCUT2D eigenvalue weighted by atomic mass is 16.4. The Kier molecular flexibility index (Phi) is 18.4. The lowest BCUT2D eigenvalue weighted by molar-refractivity contribution is -0.150. The summed E-state index contributed by atoms with van der Waals surface area (Å²) in [5.41, 5.74) is 2.13. The fraction of sp³-hybridized carbons (Fsp3) is 0.455. The molecule has 5 atom stereocenters. The first kappa shape index (κ1) is 45.8. The number of carboxylic acids is 1. The molecule has 0 aliphatic rings. The van der Waals surface area contributed by atoms with Crippen LogP contribution in [0.4, 0.5) is 0 Å². The highest BCUT2D eigenvalue weighted by Crippen LogP contribution is 2.15. The van der Waals surface area contributed by atoms with E-state index in [0.717, 1.165) is 28.9 Å². The molecule has 308 valence electrons. The summed E-state index contributed by atoms with van der Waals surface area (Å²) in [5, 5.41) is 29.5. The van der Waals surface area contributed by atoms with E-state index in [4.69, 9.17) is 0 Å². The minimum atomic E-state index is -1.38. The van der Waals surface area contributed by atoms with Gasteiger partial charge in [-0.05, 0) is 67.9 Å². The van der Waals surface area contributed by atoms with Crippen molar-refractivity contribution in [1.82, 2.24) is 25.8 Å². The van der Waals surface area contributed by atoms with Crippen LogP contribution in [-0.4, -0.2) is 106 Å². The summed E-state index contributed by atoms with van der Waals surface area (Å²) in [7, 11) is 1.37. The van der Waals surface area contributed by atoms with Gasteiger partial charge < -0.3 is 36.0 Å². The van der Waals surface area contributed by atoms with Gasteiger partial charge >= 0.3 is 5.97 Å². The van der Waals surface area contributed by atoms with Crippen molar-refractivity contribution in [3.8, 4) is 0 Å². The fourth-order valence-electron chi connectivity index (χ4n) is 6.58. The lowest BCUT2D eigenvalue weighted by Crippen LogP contribution is -2.56.